The molecule has 1 N–H and O–H groups in total. The number of ether oxygens (including phenoxy) is 1. The smallest absolute Gasteiger partial charge is 0.338 e. The van der Waals surface area contributed by atoms with Gasteiger partial charge in [-0.05, 0) is 23.1 Å². The van der Waals surface area contributed by atoms with Crippen molar-refractivity contribution in [3.05, 3.63) is 35.4 Å². The third-order valence-corrected chi connectivity index (χ3v) is 3.84. The molecule has 0 spiro atoms. The van der Waals surface area contributed by atoms with E-state index >= 15 is 0 Å². The summed E-state index contributed by atoms with van der Waals surface area (Å²) in [5.41, 5.74) is 1.95. The molecule has 21 heavy (non-hydrogen) atoms. The van der Waals surface area contributed by atoms with Crippen molar-refractivity contribution in [1.29, 1.82) is 0 Å². The Labute approximate surface area is 127 Å². The van der Waals surface area contributed by atoms with Gasteiger partial charge in [0.2, 0.25) is 0 Å². The standard InChI is InChI=1S/C17H26N2O2/c1-17(2,3)15-6-4-14(5-7-15)16(20)21-13-12-19-10-8-18-9-11-19/h4-7,18H,8-13H2,1-3H3. The lowest BCUT2D eigenvalue weighted by Crippen LogP contribution is -2.44. The summed E-state index contributed by atoms with van der Waals surface area (Å²) in [6, 6.07) is 7.72. The first kappa shape index (κ1) is 16.0. The zero-order valence-corrected chi connectivity index (χ0v) is 13.3. The highest BCUT2D eigenvalue weighted by Gasteiger charge is 2.15. The molecule has 0 amide bonds. The molecule has 116 valence electrons. The Morgan fingerprint density at radius 3 is 2.38 bits per heavy atom. The van der Waals surface area contributed by atoms with Crippen molar-refractivity contribution in [3.8, 4) is 0 Å². The fourth-order valence-corrected chi connectivity index (χ4v) is 2.39. The second kappa shape index (κ2) is 7.05. The van der Waals surface area contributed by atoms with Crippen molar-refractivity contribution in [1.82, 2.24) is 10.2 Å². The minimum atomic E-state index is -0.231. The summed E-state index contributed by atoms with van der Waals surface area (Å²) in [5.74, 6) is -0.231. The van der Waals surface area contributed by atoms with Crippen molar-refractivity contribution in [2.45, 2.75) is 26.2 Å². The lowest BCUT2D eigenvalue weighted by atomic mass is 9.87. The van der Waals surface area contributed by atoms with Crippen LogP contribution in [0.3, 0.4) is 0 Å². The van der Waals surface area contributed by atoms with Crippen LogP contribution in [0.2, 0.25) is 0 Å². The van der Waals surface area contributed by atoms with Gasteiger partial charge < -0.3 is 10.1 Å². The van der Waals surface area contributed by atoms with Gasteiger partial charge in [0, 0.05) is 32.7 Å². The van der Waals surface area contributed by atoms with E-state index < -0.39 is 0 Å². The molecule has 0 unspecified atom stereocenters. The van der Waals surface area contributed by atoms with Crippen LogP contribution in [-0.2, 0) is 10.2 Å². The van der Waals surface area contributed by atoms with Gasteiger partial charge in [-0.2, -0.15) is 0 Å². The van der Waals surface area contributed by atoms with Gasteiger partial charge in [0.1, 0.15) is 6.61 Å². The summed E-state index contributed by atoms with van der Waals surface area (Å²) in [4.78, 5) is 14.3. The number of piperazine rings is 1. The van der Waals surface area contributed by atoms with Crippen molar-refractivity contribution in [2.75, 3.05) is 39.3 Å². The fourth-order valence-electron chi connectivity index (χ4n) is 2.39. The van der Waals surface area contributed by atoms with E-state index in [1.807, 2.05) is 24.3 Å². The van der Waals surface area contributed by atoms with Crippen LogP contribution in [0.1, 0.15) is 36.7 Å². The molecule has 4 nitrogen and oxygen atoms in total. The highest BCUT2D eigenvalue weighted by Crippen LogP contribution is 2.22. The van der Waals surface area contributed by atoms with Gasteiger partial charge in [0.05, 0.1) is 5.56 Å². The van der Waals surface area contributed by atoms with Crippen molar-refractivity contribution < 1.29 is 9.53 Å². The number of esters is 1. The van der Waals surface area contributed by atoms with Crippen LogP contribution < -0.4 is 5.32 Å². The molecule has 1 fully saturated rings. The van der Waals surface area contributed by atoms with Crippen molar-refractivity contribution in [3.63, 3.8) is 0 Å². The van der Waals surface area contributed by atoms with E-state index in [1.165, 1.54) is 5.56 Å². The van der Waals surface area contributed by atoms with Gasteiger partial charge in [-0.3, -0.25) is 4.90 Å². The number of nitrogens with zero attached hydrogens (tertiary/aromatic N) is 1. The molecule has 1 aromatic rings. The van der Waals surface area contributed by atoms with E-state index in [9.17, 15) is 4.79 Å². The van der Waals surface area contributed by atoms with Gasteiger partial charge >= 0.3 is 5.97 Å². The maximum Gasteiger partial charge on any atom is 0.338 e. The number of benzene rings is 1. The molecule has 0 radical (unpaired) electrons. The van der Waals surface area contributed by atoms with Crippen LogP contribution in [0, 0.1) is 0 Å². The highest BCUT2D eigenvalue weighted by molar-refractivity contribution is 5.89. The second-order valence-electron chi connectivity index (χ2n) is 6.55. The minimum Gasteiger partial charge on any atom is -0.461 e. The Balaban J connectivity index is 1.80. The average molecular weight is 290 g/mol. The summed E-state index contributed by atoms with van der Waals surface area (Å²) < 4.78 is 5.36. The molecule has 1 aliphatic rings. The molecule has 1 aliphatic heterocycles. The maximum absolute atomic E-state index is 12.0. The predicted octanol–water partition coefficient (Wildman–Crippen LogP) is 2.05. The van der Waals surface area contributed by atoms with Gasteiger partial charge in [-0.15, -0.1) is 0 Å². The van der Waals surface area contributed by atoms with E-state index in [0.717, 1.165) is 32.7 Å². The lowest BCUT2D eigenvalue weighted by molar-refractivity contribution is 0.0456. The molecule has 2 rings (SSSR count). The van der Waals surface area contributed by atoms with E-state index in [0.29, 0.717) is 12.2 Å². The molecule has 4 heteroatoms. The van der Waals surface area contributed by atoms with Crippen LogP contribution in [-0.4, -0.2) is 50.2 Å². The summed E-state index contributed by atoms with van der Waals surface area (Å²) in [6.45, 7) is 11.8. The number of hydrogen-bond donors (Lipinski definition) is 1. The maximum atomic E-state index is 12.0. The molecule has 1 aromatic carbocycles. The van der Waals surface area contributed by atoms with Gasteiger partial charge in [0.15, 0.2) is 0 Å². The van der Waals surface area contributed by atoms with E-state index in [-0.39, 0.29) is 11.4 Å². The summed E-state index contributed by atoms with van der Waals surface area (Å²) in [7, 11) is 0. The van der Waals surface area contributed by atoms with Crippen LogP contribution in [0.5, 0.6) is 0 Å². The monoisotopic (exact) mass is 290 g/mol. The second-order valence-corrected chi connectivity index (χ2v) is 6.55. The first-order chi connectivity index (χ1) is 9.97. The zero-order chi connectivity index (χ0) is 15.3. The fraction of sp³-hybridized carbons (Fsp3) is 0.588. The molecular formula is C17H26N2O2. The predicted molar refractivity (Wildman–Crippen MR) is 84.7 cm³/mol. The lowest BCUT2D eigenvalue weighted by Gasteiger charge is -2.26. The molecule has 0 aliphatic carbocycles. The number of nitrogens with one attached hydrogen (secondary N) is 1. The average Bonchev–Trinajstić information content (AvgIpc) is 2.47. The third-order valence-electron chi connectivity index (χ3n) is 3.84. The Kier molecular flexibility index (Phi) is 5.37. The molecule has 1 saturated heterocycles. The quantitative estimate of drug-likeness (QED) is 0.862. The molecule has 0 saturated carbocycles. The van der Waals surface area contributed by atoms with Crippen LogP contribution >= 0.6 is 0 Å². The van der Waals surface area contributed by atoms with E-state index in [1.54, 1.807) is 0 Å². The van der Waals surface area contributed by atoms with E-state index in [2.05, 4.69) is 31.0 Å². The van der Waals surface area contributed by atoms with Crippen LogP contribution in [0.4, 0.5) is 0 Å². The van der Waals surface area contributed by atoms with Gasteiger partial charge in [-0.25, -0.2) is 4.79 Å². The highest BCUT2D eigenvalue weighted by atomic mass is 16.5. The summed E-state index contributed by atoms with van der Waals surface area (Å²) >= 11 is 0. The molecule has 1 heterocycles. The van der Waals surface area contributed by atoms with Crippen LogP contribution in [0.25, 0.3) is 0 Å². The van der Waals surface area contributed by atoms with E-state index in [4.69, 9.17) is 4.74 Å². The first-order valence-electron chi connectivity index (χ1n) is 7.67. The summed E-state index contributed by atoms with van der Waals surface area (Å²) in [5, 5.41) is 3.31. The summed E-state index contributed by atoms with van der Waals surface area (Å²) in [6.07, 6.45) is 0. The number of rotatable bonds is 4. The molecule has 0 bridgehead atoms. The zero-order valence-electron chi connectivity index (χ0n) is 13.3. The Morgan fingerprint density at radius 1 is 1.19 bits per heavy atom. The Morgan fingerprint density at radius 2 is 1.81 bits per heavy atom. The molecule has 0 aromatic heterocycles. The van der Waals surface area contributed by atoms with Gasteiger partial charge in [0.25, 0.3) is 0 Å². The third kappa shape index (κ3) is 4.83. The topological polar surface area (TPSA) is 41.6 Å². The normalized spacial score (nSPS) is 16.7. The Bertz CT molecular complexity index is 457. The largest absolute Gasteiger partial charge is 0.461 e. The minimum absolute atomic E-state index is 0.102. The van der Waals surface area contributed by atoms with Gasteiger partial charge in [-0.1, -0.05) is 32.9 Å². The van der Waals surface area contributed by atoms with Crippen molar-refractivity contribution in [2.24, 2.45) is 0 Å². The SMILES string of the molecule is CC(C)(C)c1ccc(C(=O)OCCN2CCNCC2)cc1. The van der Waals surface area contributed by atoms with Crippen LogP contribution in [0.15, 0.2) is 24.3 Å². The number of hydrogen-bond acceptors (Lipinski definition) is 4. The number of carbonyl (C=O) groups is 1. The Hall–Kier alpha value is -1.39. The molecular weight excluding hydrogens is 264 g/mol. The number of carbonyl (C=O) groups excluding carboxylic acids is 1. The first-order valence-corrected chi connectivity index (χ1v) is 7.67. The molecule has 0 atom stereocenters. The van der Waals surface area contributed by atoms with Crippen molar-refractivity contribution >= 4 is 5.97 Å².